The summed E-state index contributed by atoms with van der Waals surface area (Å²) in [5.41, 5.74) is 1.46. The number of amides is 1. The summed E-state index contributed by atoms with van der Waals surface area (Å²) in [4.78, 5) is 36.7. The zero-order chi connectivity index (χ0) is 26.9. The molecule has 0 saturated carbocycles. The first-order valence-corrected chi connectivity index (χ1v) is 12.3. The maximum atomic E-state index is 12.7. The first kappa shape index (κ1) is 27.5. The Morgan fingerprint density at radius 3 is 2.32 bits per heavy atom. The molecule has 3 rings (SSSR count). The van der Waals surface area contributed by atoms with Crippen LogP contribution in [0, 0.1) is 6.92 Å². The molecule has 0 aliphatic heterocycles. The number of rotatable bonds is 11. The van der Waals surface area contributed by atoms with Gasteiger partial charge in [-0.25, -0.2) is 9.59 Å². The van der Waals surface area contributed by atoms with Gasteiger partial charge in [-0.1, -0.05) is 36.0 Å². The smallest absolute Gasteiger partial charge is 0.337 e. The second-order valence-electron chi connectivity index (χ2n) is 7.88. The van der Waals surface area contributed by atoms with Gasteiger partial charge in [0.05, 0.1) is 31.1 Å². The van der Waals surface area contributed by atoms with Gasteiger partial charge in [-0.15, -0.1) is 16.8 Å². The van der Waals surface area contributed by atoms with Crippen LogP contribution in [0.2, 0.25) is 0 Å². The molecule has 0 aliphatic carbocycles. The predicted molar refractivity (Wildman–Crippen MR) is 139 cm³/mol. The number of thioether (sulfide) groups is 1. The van der Waals surface area contributed by atoms with E-state index in [1.54, 1.807) is 6.08 Å². The quantitative estimate of drug-likeness (QED) is 0.223. The number of carbonyl (C=O) groups excluding carboxylic acids is 3. The summed E-state index contributed by atoms with van der Waals surface area (Å²) >= 11 is 1.18. The maximum absolute atomic E-state index is 12.7. The van der Waals surface area contributed by atoms with E-state index in [2.05, 4.69) is 22.1 Å². The topological polar surface area (TPSA) is 122 Å². The lowest BCUT2D eigenvalue weighted by Gasteiger charge is -2.17. The molecule has 194 valence electrons. The molecule has 0 aliphatic rings. The third-order valence-electron chi connectivity index (χ3n) is 5.21. The van der Waals surface area contributed by atoms with Crippen molar-refractivity contribution >= 4 is 35.3 Å². The van der Waals surface area contributed by atoms with Gasteiger partial charge in [0, 0.05) is 12.2 Å². The number of nitrogens with one attached hydrogen (secondary N) is 1. The minimum atomic E-state index is -0.650. The van der Waals surface area contributed by atoms with Crippen molar-refractivity contribution in [3.05, 3.63) is 77.6 Å². The number of para-hydroxylation sites is 1. The van der Waals surface area contributed by atoms with Crippen LogP contribution in [0.25, 0.3) is 0 Å². The highest BCUT2D eigenvalue weighted by Gasteiger charge is 2.21. The number of nitrogens with zero attached hydrogens (tertiary/aromatic N) is 3. The number of allylic oxidation sites excluding steroid dienone is 1. The zero-order valence-electron chi connectivity index (χ0n) is 21.0. The number of ether oxygens (including phenoxy) is 3. The molecular weight excluding hydrogens is 496 g/mol. The highest BCUT2D eigenvalue weighted by atomic mass is 32.2. The molecule has 37 heavy (non-hydrogen) atoms. The molecule has 10 nitrogen and oxygen atoms in total. The van der Waals surface area contributed by atoms with Crippen LogP contribution in [0.3, 0.4) is 0 Å². The van der Waals surface area contributed by atoms with Gasteiger partial charge < -0.3 is 19.5 Å². The lowest BCUT2D eigenvalue weighted by Crippen LogP contribution is -2.17. The Kier molecular flexibility index (Phi) is 9.45. The summed E-state index contributed by atoms with van der Waals surface area (Å²) in [6.07, 6.45) is 1.32. The highest BCUT2D eigenvalue weighted by Crippen LogP contribution is 2.27. The van der Waals surface area contributed by atoms with Gasteiger partial charge in [0.2, 0.25) is 5.91 Å². The Balaban J connectivity index is 1.73. The van der Waals surface area contributed by atoms with E-state index in [1.807, 2.05) is 42.7 Å². The molecule has 0 radical (unpaired) electrons. The van der Waals surface area contributed by atoms with Gasteiger partial charge in [-0.2, -0.15) is 0 Å². The minimum absolute atomic E-state index is 0.00167. The average molecular weight is 525 g/mol. The Morgan fingerprint density at radius 1 is 1.08 bits per heavy atom. The molecule has 3 aromatic rings. The van der Waals surface area contributed by atoms with E-state index < -0.39 is 18.0 Å². The zero-order valence-corrected chi connectivity index (χ0v) is 21.8. The summed E-state index contributed by atoms with van der Waals surface area (Å²) in [7, 11) is 2.45. The highest BCUT2D eigenvalue weighted by molar-refractivity contribution is 7.99. The van der Waals surface area contributed by atoms with Crippen molar-refractivity contribution in [1.29, 1.82) is 0 Å². The Bertz CT molecular complexity index is 1270. The molecule has 1 amide bonds. The van der Waals surface area contributed by atoms with E-state index in [1.165, 1.54) is 44.2 Å². The fourth-order valence-electron chi connectivity index (χ4n) is 3.44. The van der Waals surface area contributed by atoms with E-state index in [0.717, 1.165) is 11.3 Å². The van der Waals surface area contributed by atoms with Crippen LogP contribution < -0.4 is 10.1 Å². The maximum Gasteiger partial charge on any atom is 0.337 e. The van der Waals surface area contributed by atoms with E-state index in [0.29, 0.717) is 17.5 Å². The SMILES string of the molecule is C=CCn1c(SCC(=O)Nc2cc(C(=O)OC)cc(C(=O)OC)c2)nnc1C(C)Oc1ccccc1C. The molecule has 0 saturated heterocycles. The molecule has 0 fully saturated rings. The number of carbonyl (C=O) groups is 3. The summed E-state index contributed by atoms with van der Waals surface area (Å²) in [6, 6.07) is 11.9. The number of aryl methyl sites for hydroxylation is 1. The molecule has 0 bridgehead atoms. The van der Waals surface area contributed by atoms with Crippen molar-refractivity contribution in [3.63, 3.8) is 0 Å². The van der Waals surface area contributed by atoms with Gasteiger partial charge in [-0.3, -0.25) is 9.36 Å². The van der Waals surface area contributed by atoms with E-state index >= 15 is 0 Å². The molecular formula is C26H28N4O6S. The van der Waals surface area contributed by atoms with E-state index in [4.69, 9.17) is 14.2 Å². The summed E-state index contributed by atoms with van der Waals surface area (Å²) in [6.45, 7) is 8.07. The third-order valence-corrected chi connectivity index (χ3v) is 6.18. The van der Waals surface area contributed by atoms with Crippen LogP contribution in [0.1, 0.15) is 45.1 Å². The molecule has 1 aromatic heterocycles. The molecule has 1 N–H and O–H groups in total. The van der Waals surface area contributed by atoms with Gasteiger partial charge in [-0.05, 0) is 43.7 Å². The molecule has 1 atom stereocenters. The number of anilines is 1. The second-order valence-corrected chi connectivity index (χ2v) is 8.83. The average Bonchev–Trinajstić information content (AvgIpc) is 3.30. The van der Waals surface area contributed by atoms with E-state index in [9.17, 15) is 14.4 Å². The summed E-state index contributed by atoms with van der Waals surface area (Å²) in [5, 5.41) is 11.7. The largest absolute Gasteiger partial charge is 0.482 e. The van der Waals surface area contributed by atoms with Gasteiger partial charge in [0.1, 0.15) is 5.75 Å². The third kappa shape index (κ3) is 6.98. The molecule has 2 aromatic carbocycles. The number of aromatic nitrogens is 3. The Morgan fingerprint density at radius 2 is 1.73 bits per heavy atom. The van der Waals surface area contributed by atoms with Crippen LogP contribution in [0.4, 0.5) is 5.69 Å². The van der Waals surface area contributed by atoms with Crippen molar-refractivity contribution in [2.45, 2.75) is 31.7 Å². The van der Waals surface area contributed by atoms with Crippen molar-refractivity contribution in [3.8, 4) is 5.75 Å². The van der Waals surface area contributed by atoms with Crippen molar-refractivity contribution < 1.29 is 28.6 Å². The number of hydrogen-bond acceptors (Lipinski definition) is 9. The summed E-state index contributed by atoms with van der Waals surface area (Å²) in [5.74, 6) is -0.331. The molecule has 1 unspecified atom stereocenters. The van der Waals surface area contributed by atoms with Crippen molar-refractivity contribution in [1.82, 2.24) is 14.8 Å². The molecule has 0 spiro atoms. The number of methoxy groups -OCH3 is 2. The molecule has 1 heterocycles. The van der Waals surface area contributed by atoms with Crippen LogP contribution in [0.5, 0.6) is 5.75 Å². The van der Waals surface area contributed by atoms with Crippen molar-refractivity contribution in [2.24, 2.45) is 0 Å². The van der Waals surface area contributed by atoms with Gasteiger partial charge >= 0.3 is 11.9 Å². The van der Waals surface area contributed by atoms with Crippen LogP contribution in [-0.4, -0.2) is 52.6 Å². The van der Waals surface area contributed by atoms with Gasteiger partial charge in [0.15, 0.2) is 17.1 Å². The normalized spacial score (nSPS) is 11.4. The fraction of sp³-hybridized carbons (Fsp3) is 0.269. The monoisotopic (exact) mass is 524 g/mol. The van der Waals surface area contributed by atoms with Gasteiger partial charge in [0.25, 0.3) is 0 Å². The predicted octanol–water partition coefficient (Wildman–Crippen LogP) is 4.22. The van der Waals surface area contributed by atoms with Crippen LogP contribution in [0.15, 0.2) is 60.3 Å². The first-order chi connectivity index (χ1) is 17.8. The fourth-order valence-corrected chi connectivity index (χ4v) is 4.19. The number of esters is 2. The number of benzene rings is 2. The standard InChI is InChI=1S/C26H28N4O6S/c1-6-11-30-23(17(3)36-21-10-8-7-9-16(21)2)28-29-26(30)37-15-22(31)27-20-13-18(24(32)34-4)12-19(14-20)25(33)35-5/h6-10,12-14,17H,1,11,15H2,2-5H3,(H,27,31). The molecule has 11 heteroatoms. The second kappa shape index (κ2) is 12.7. The Labute approximate surface area is 219 Å². The van der Waals surface area contributed by atoms with Crippen molar-refractivity contribution in [2.75, 3.05) is 25.3 Å². The lowest BCUT2D eigenvalue weighted by molar-refractivity contribution is -0.113. The van der Waals surface area contributed by atoms with Crippen LogP contribution in [-0.2, 0) is 20.8 Å². The Hall–Kier alpha value is -4.12. The number of hydrogen-bond donors (Lipinski definition) is 1. The van der Waals surface area contributed by atoms with Crippen LogP contribution >= 0.6 is 11.8 Å². The summed E-state index contributed by atoms with van der Waals surface area (Å²) < 4.78 is 17.4. The minimum Gasteiger partial charge on any atom is -0.482 e. The lowest BCUT2D eigenvalue weighted by atomic mass is 10.1. The van der Waals surface area contributed by atoms with E-state index in [-0.39, 0.29) is 28.5 Å². The first-order valence-electron chi connectivity index (χ1n) is 11.3.